The van der Waals surface area contributed by atoms with E-state index in [1.165, 1.54) is 30.9 Å². The molecule has 2 saturated heterocycles. The summed E-state index contributed by atoms with van der Waals surface area (Å²) in [5, 5.41) is 12.0. The van der Waals surface area contributed by atoms with Crippen LogP contribution in [0.5, 0.6) is 11.5 Å². The highest BCUT2D eigenvalue weighted by molar-refractivity contribution is 6.67. The van der Waals surface area contributed by atoms with Crippen LogP contribution < -0.4 is 14.8 Å². The number of rotatable bonds is 5. The van der Waals surface area contributed by atoms with Crippen molar-refractivity contribution in [2.75, 3.05) is 53.0 Å². The van der Waals surface area contributed by atoms with Crippen molar-refractivity contribution in [3.05, 3.63) is 143 Å². The average molecular weight is 920 g/mol. The van der Waals surface area contributed by atoms with Gasteiger partial charge >= 0.3 is 0 Å². The van der Waals surface area contributed by atoms with Gasteiger partial charge < -0.3 is 24.6 Å². The zero-order valence-electron chi connectivity index (χ0n) is 40.4. The van der Waals surface area contributed by atoms with Crippen LogP contribution in [0, 0.1) is 13.8 Å². The molecule has 0 aliphatic carbocycles. The van der Waals surface area contributed by atoms with Crippen molar-refractivity contribution in [1.29, 1.82) is 0 Å². The van der Waals surface area contributed by atoms with E-state index in [2.05, 4.69) is 65.5 Å². The minimum Gasteiger partial charge on any atom is -0.482 e. The summed E-state index contributed by atoms with van der Waals surface area (Å²) in [4.78, 5) is 27.8. The maximum atomic E-state index is 12.9. The van der Waals surface area contributed by atoms with Gasteiger partial charge in [0.05, 0.1) is 32.3 Å². The number of nitrogens with zero attached hydrogens (tertiary/aromatic N) is 6. The lowest BCUT2D eigenvalue weighted by Gasteiger charge is -2.44. The van der Waals surface area contributed by atoms with Gasteiger partial charge in [0, 0.05) is 86.2 Å². The number of hydrogen-bond donors (Lipinski definition) is 1. The summed E-state index contributed by atoms with van der Waals surface area (Å²) in [7, 11) is 2.99. The van der Waals surface area contributed by atoms with Crippen molar-refractivity contribution in [2.45, 2.75) is 71.5 Å². The second-order valence-corrected chi connectivity index (χ2v) is 17.3. The molecule has 0 radical (unpaired) electrons. The molecule has 4 aliphatic rings. The van der Waals surface area contributed by atoms with E-state index in [1.54, 1.807) is 12.1 Å². The monoisotopic (exact) mass is 918 g/mol. The van der Waals surface area contributed by atoms with Gasteiger partial charge in [0.1, 0.15) is 22.7 Å². The number of alkyl halides is 1. The molecule has 1 amide bonds. The maximum absolute atomic E-state index is 12.9. The number of para-hydroxylation sites is 2. The zero-order valence-corrected chi connectivity index (χ0v) is 40.2. The molecule has 350 valence electrons. The Morgan fingerprint density at radius 2 is 1.15 bits per heavy atom. The first-order valence-corrected chi connectivity index (χ1v) is 23.2. The number of aromatic nitrogens is 4. The largest absolute Gasteiger partial charge is 0.482 e. The normalized spacial score (nSPS) is 15.7. The lowest BCUT2D eigenvalue weighted by molar-refractivity contribution is -0.00173. The second kappa shape index (κ2) is 22.6. The van der Waals surface area contributed by atoms with Crippen LogP contribution in [0.15, 0.2) is 109 Å². The summed E-state index contributed by atoms with van der Waals surface area (Å²) in [6, 6.07) is 31.4. The highest BCUT2D eigenvalue weighted by atomic mass is 35.5. The smallest absolute Gasteiger partial charge is 0.253 e. The van der Waals surface area contributed by atoms with Crippen LogP contribution in [0.1, 0.15) is 90.8 Å². The highest BCUT2D eigenvalue weighted by Crippen LogP contribution is 2.50. The number of ether oxygens (including phenoxy) is 2. The number of carbonyl (C=O) groups is 2. The van der Waals surface area contributed by atoms with Gasteiger partial charge in [-0.1, -0.05) is 86.5 Å². The predicted octanol–water partition coefficient (Wildman–Crippen LogP) is 10.3. The molecule has 6 aromatic rings. The van der Waals surface area contributed by atoms with Gasteiger partial charge in [-0.3, -0.25) is 23.3 Å². The topological polar surface area (TPSA) is 107 Å². The fourth-order valence-corrected chi connectivity index (χ4v) is 9.37. The van der Waals surface area contributed by atoms with Crippen molar-refractivity contribution in [1.82, 2.24) is 34.7 Å². The molecule has 2 spiro atoms. The summed E-state index contributed by atoms with van der Waals surface area (Å²) in [5.74, 6) is 1.98. The molecule has 2 aromatic heterocycles. The average Bonchev–Trinajstić information content (AvgIpc) is 3.95. The predicted molar refractivity (Wildman–Crippen MR) is 262 cm³/mol. The van der Waals surface area contributed by atoms with Gasteiger partial charge in [0.25, 0.3) is 11.1 Å². The van der Waals surface area contributed by atoms with Gasteiger partial charge in [-0.25, -0.2) is 0 Å². The molecule has 13 heteroatoms. The van der Waals surface area contributed by atoms with Crippen molar-refractivity contribution in [3.63, 3.8) is 0 Å². The van der Waals surface area contributed by atoms with Crippen LogP contribution in [0.3, 0.4) is 0 Å². The molecule has 2 fully saturated rings. The number of fused-ring (bicyclic) bond motifs is 8. The van der Waals surface area contributed by atoms with E-state index in [1.807, 2.05) is 115 Å². The van der Waals surface area contributed by atoms with Gasteiger partial charge in [0.2, 0.25) is 0 Å². The van der Waals surface area contributed by atoms with E-state index in [9.17, 15) is 14.0 Å². The van der Waals surface area contributed by atoms with Crippen molar-refractivity contribution in [2.24, 2.45) is 14.1 Å². The number of benzene rings is 4. The molecule has 4 aliphatic heterocycles. The van der Waals surface area contributed by atoms with E-state index in [0.717, 1.165) is 89.3 Å². The van der Waals surface area contributed by atoms with E-state index in [0.29, 0.717) is 18.7 Å². The third-order valence-electron chi connectivity index (χ3n) is 12.9. The molecule has 66 heavy (non-hydrogen) atoms. The fourth-order valence-electron chi connectivity index (χ4n) is 9.26. The van der Waals surface area contributed by atoms with E-state index in [-0.39, 0.29) is 11.5 Å². The molecule has 1 N–H and O–H groups in total. The van der Waals surface area contributed by atoms with Gasteiger partial charge in [-0.05, 0) is 101 Å². The Morgan fingerprint density at radius 3 is 1.58 bits per heavy atom. The molecule has 4 aromatic carbocycles. The molecule has 11 nitrogen and oxygen atoms in total. The van der Waals surface area contributed by atoms with Crippen LogP contribution in [-0.2, 0) is 25.3 Å². The number of likely N-dealkylation sites (tertiary alicyclic amines) is 1. The number of hydrogen-bond acceptors (Lipinski definition) is 8. The lowest BCUT2D eigenvalue weighted by atomic mass is 9.81. The van der Waals surface area contributed by atoms with Crippen molar-refractivity contribution < 1.29 is 24.8 Å². The number of amides is 1. The number of halogens is 2. The lowest BCUT2D eigenvalue weighted by Crippen LogP contribution is -2.49. The molecule has 10 rings (SSSR count). The quantitative estimate of drug-likeness (QED) is 0.171. The summed E-state index contributed by atoms with van der Waals surface area (Å²) >= 11 is 5.24. The Bertz CT molecular complexity index is 2570. The summed E-state index contributed by atoms with van der Waals surface area (Å²) in [6.07, 6.45) is 7.44. The van der Waals surface area contributed by atoms with E-state index in [4.69, 9.17) is 22.4 Å². The van der Waals surface area contributed by atoms with Crippen LogP contribution in [0.4, 0.5) is 4.39 Å². The molecule has 0 saturated carbocycles. The van der Waals surface area contributed by atoms with Gasteiger partial charge in [-0.2, -0.15) is 10.2 Å². The second-order valence-electron chi connectivity index (χ2n) is 16.9. The Labute approximate surface area is 396 Å². The third-order valence-corrected chi connectivity index (χ3v) is 13.1. The Morgan fingerprint density at radius 1 is 0.712 bits per heavy atom. The number of aryl methyl sites for hydroxylation is 4. The molecule has 0 unspecified atom stereocenters. The maximum Gasteiger partial charge on any atom is 0.253 e. The Kier molecular flexibility index (Phi) is 16.5. The van der Waals surface area contributed by atoms with Gasteiger partial charge in [0.15, 0.2) is 0 Å². The van der Waals surface area contributed by atoms with Gasteiger partial charge in [-0.15, -0.1) is 0 Å². The van der Waals surface area contributed by atoms with Crippen LogP contribution in [-0.4, -0.2) is 93.5 Å². The first kappa shape index (κ1) is 48.1. The highest BCUT2D eigenvalue weighted by Gasteiger charge is 2.46. The third kappa shape index (κ3) is 10.9. The number of carbonyl (C=O) groups excluding carboxylic acids is 2. The van der Waals surface area contributed by atoms with E-state index >= 15 is 0 Å². The Hall–Kier alpha value is -5.82. The SMILES string of the molecule is CCN(CC)CC.Cc1cccc(C(=O)Cl)c1.Cc1cccc(C(=O)N2CCC3(CC2)Oc2ccccc2-c2c3cnn2C)c1.Cn1ncc2c1-c1ccccc1OC21CCNCC1.[2H]CF. The Balaban J connectivity index is 0.000000163. The van der Waals surface area contributed by atoms with Crippen molar-refractivity contribution in [3.8, 4) is 34.0 Å². The summed E-state index contributed by atoms with van der Waals surface area (Å²) < 4.78 is 32.4. The minimum absolute atomic E-state index is 0.0983. The molecular formula is C53H65ClFN7O4. The molecule has 6 heterocycles. The van der Waals surface area contributed by atoms with E-state index < -0.39 is 18.0 Å². The minimum atomic E-state index is -1.00. The standard InChI is InChI=1S/C23H23N3O2.C15H17N3O.C8H7ClO.C6H15N.CH3F/c1-16-6-5-7-17(14-16)22(27)26-12-10-23(11-13-26)19-15-24-25(2)21(19)18-8-3-4-9-20(18)28-23;1-18-14-11-4-2-3-5-13(11)19-15(12(14)10-17-18)6-8-16-9-7-15;1-6-3-2-4-7(5-6)8(9)10;1-4-7(5-2)6-3;1-2/h3-9,14-15H,10-13H2,1-2H3;2-5,10,16H,6-9H2,1H3;2-5H,1H3;4-6H2,1-3H3;1H3/i;;;;1D. The summed E-state index contributed by atoms with van der Waals surface area (Å²) in [6.45, 7) is 17.4. The molecular weight excluding hydrogens is 853 g/mol. The number of nitrogens with one attached hydrogen (secondary N) is 1. The summed E-state index contributed by atoms with van der Waals surface area (Å²) in [5.41, 5.74) is 9.82. The molecule has 0 bridgehead atoms. The molecule has 0 atom stereocenters. The fraction of sp³-hybridized carbons (Fsp3) is 0.396. The van der Waals surface area contributed by atoms with Crippen LogP contribution >= 0.6 is 11.6 Å². The first-order chi connectivity index (χ1) is 32.3. The van der Waals surface area contributed by atoms with Crippen LogP contribution in [0.25, 0.3) is 22.5 Å². The van der Waals surface area contributed by atoms with Crippen LogP contribution in [0.2, 0.25) is 0 Å². The zero-order chi connectivity index (χ0) is 48.1. The number of piperidine rings is 2. The van der Waals surface area contributed by atoms with Crippen molar-refractivity contribution >= 4 is 22.8 Å². The first-order valence-electron chi connectivity index (χ1n) is 23.6.